The number of thiophene rings is 1. The molecule has 2 unspecified atom stereocenters. The van der Waals surface area contributed by atoms with E-state index in [0.29, 0.717) is 19.0 Å². The van der Waals surface area contributed by atoms with Gasteiger partial charge in [0.15, 0.2) is 22.7 Å². The third kappa shape index (κ3) is 5.89. The zero-order valence-electron chi connectivity index (χ0n) is 23.0. The van der Waals surface area contributed by atoms with Gasteiger partial charge in [0.2, 0.25) is 0 Å². The molecule has 41 heavy (non-hydrogen) atoms. The number of hydrogen-bond donors (Lipinski definition) is 1. The Labute approximate surface area is 245 Å². The van der Waals surface area contributed by atoms with Crippen LogP contribution in [0.5, 0.6) is 0 Å². The first-order valence-corrected chi connectivity index (χ1v) is 16.4. The topological polar surface area (TPSA) is 109 Å². The maximum absolute atomic E-state index is 11.2. The minimum absolute atomic E-state index is 0.0246. The van der Waals surface area contributed by atoms with Crippen LogP contribution >= 0.6 is 11.3 Å². The largest absolute Gasteiger partial charge is 0.378 e. The van der Waals surface area contributed by atoms with Crippen molar-refractivity contribution < 1.29 is 18.2 Å². The summed E-state index contributed by atoms with van der Waals surface area (Å²) in [5.41, 5.74) is 2.86. The molecular weight excluding hydrogens is 562 g/mol. The summed E-state index contributed by atoms with van der Waals surface area (Å²) in [4.78, 5) is 18.3. The van der Waals surface area contributed by atoms with E-state index in [4.69, 9.17) is 24.5 Å². The molecule has 218 valence electrons. The number of benzene rings is 1. The van der Waals surface area contributed by atoms with E-state index in [1.54, 1.807) is 11.3 Å². The van der Waals surface area contributed by atoms with Crippen molar-refractivity contribution in [2.45, 2.75) is 32.0 Å². The van der Waals surface area contributed by atoms with Crippen LogP contribution in [-0.4, -0.2) is 103 Å². The smallest absolute Gasteiger partial charge is 0.167 e. The van der Waals surface area contributed by atoms with Gasteiger partial charge in [-0.1, -0.05) is 12.1 Å². The molecular formula is C28H35N7O4S2. The molecule has 3 aromatic heterocycles. The fourth-order valence-corrected chi connectivity index (χ4v) is 7.67. The van der Waals surface area contributed by atoms with Crippen LogP contribution in [0.2, 0.25) is 0 Å². The van der Waals surface area contributed by atoms with Gasteiger partial charge in [-0.05, 0) is 31.4 Å². The molecule has 3 aliphatic rings. The summed E-state index contributed by atoms with van der Waals surface area (Å²) < 4.78 is 35.2. The lowest BCUT2D eigenvalue weighted by Crippen LogP contribution is -2.46. The fourth-order valence-electron chi connectivity index (χ4n) is 5.94. The Morgan fingerprint density at radius 3 is 2.61 bits per heavy atom. The highest BCUT2D eigenvalue weighted by molar-refractivity contribution is 7.79. The molecule has 3 saturated heterocycles. The van der Waals surface area contributed by atoms with E-state index in [-0.39, 0.29) is 12.1 Å². The lowest BCUT2D eigenvalue weighted by molar-refractivity contribution is -0.0390. The molecule has 0 bridgehead atoms. The Hall–Kier alpha value is -2.52. The monoisotopic (exact) mass is 597 g/mol. The van der Waals surface area contributed by atoms with Crippen molar-refractivity contribution in [3.63, 3.8) is 0 Å². The van der Waals surface area contributed by atoms with Gasteiger partial charge in [0.1, 0.15) is 12.1 Å². The highest BCUT2D eigenvalue weighted by atomic mass is 32.2. The lowest BCUT2D eigenvalue weighted by atomic mass is 10.1. The van der Waals surface area contributed by atoms with E-state index in [1.807, 2.05) is 16.8 Å². The molecule has 0 spiro atoms. The molecule has 7 rings (SSSR count). The van der Waals surface area contributed by atoms with Crippen molar-refractivity contribution in [3.8, 4) is 11.4 Å². The first kappa shape index (κ1) is 27.3. The van der Waals surface area contributed by atoms with E-state index in [0.717, 1.165) is 104 Å². The van der Waals surface area contributed by atoms with Crippen molar-refractivity contribution in [2.24, 2.45) is 0 Å². The van der Waals surface area contributed by atoms with Gasteiger partial charge in [-0.3, -0.25) is 9.80 Å². The quantitative estimate of drug-likeness (QED) is 0.318. The number of ether oxygens (including phenoxy) is 2. The van der Waals surface area contributed by atoms with E-state index < -0.39 is 11.1 Å². The summed E-state index contributed by atoms with van der Waals surface area (Å²) in [6.07, 6.45) is 5.29. The van der Waals surface area contributed by atoms with Crippen LogP contribution in [0.1, 0.15) is 30.4 Å². The minimum atomic E-state index is -1.79. The molecule has 2 atom stereocenters. The van der Waals surface area contributed by atoms with E-state index in [9.17, 15) is 8.76 Å². The molecule has 11 nitrogen and oxygen atoms in total. The normalized spacial score (nSPS) is 22.1. The average Bonchev–Trinajstić information content (AvgIpc) is 3.62. The van der Waals surface area contributed by atoms with Gasteiger partial charge in [0, 0.05) is 74.4 Å². The van der Waals surface area contributed by atoms with Crippen molar-refractivity contribution in [1.29, 1.82) is 0 Å². The van der Waals surface area contributed by atoms with E-state index in [2.05, 4.69) is 33.0 Å². The zero-order chi connectivity index (χ0) is 27.8. The van der Waals surface area contributed by atoms with E-state index >= 15 is 0 Å². The number of rotatable bonds is 7. The standard InChI is InChI=1S/C28H35N7O4S2/c36-41(37)19-33-9-7-32(8-10-33)17-20-16-24-26(40-20)28(34-11-14-38-15-12-34)30-27(29-24)21-4-3-5-23-22(21)18-35(31-23)25-6-1-2-13-39-25/h3-5,16,18,25H,1-2,6-15,17,19H2,(H,36,37). The Bertz CT molecular complexity index is 1540. The van der Waals surface area contributed by atoms with Crippen LogP contribution in [0, 0.1) is 0 Å². The summed E-state index contributed by atoms with van der Waals surface area (Å²) >= 11 is -0.0178. The average molecular weight is 598 g/mol. The van der Waals surface area contributed by atoms with Crippen molar-refractivity contribution >= 4 is 49.4 Å². The first-order valence-electron chi connectivity index (χ1n) is 14.4. The Morgan fingerprint density at radius 2 is 1.83 bits per heavy atom. The molecule has 0 radical (unpaired) electrons. The predicted octanol–water partition coefficient (Wildman–Crippen LogP) is 3.54. The van der Waals surface area contributed by atoms with Crippen LogP contribution in [0.3, 0.4) is 0 Å². The zero-order valence-corrected chi connectivity index (χ0v) is 24.6. The van der Waals surface area contributed by atoms with Crippen molar-refractivity contribution in [2.75, 3.05) is 69.9 Å². The lowest BCUT2D eigenvalue weighted by Gasteiger charge is -2.33. The number of anilines is 1. The van der Waals surface area contributed by atoms with Crippen LogP contribution in [-0.2, 0) is 27.1 Å². The third-order valence-corrected chi connectivity index (χ3v) is 9.80. The maximum Gasteiger partial charge on any atom is 0.167 e. The van der Waals surface area contributed by atoms with Gasteiger partial charge in [0.25, 0.3) is 0 Å². The fraction of sp³-hybridized carbons (Fsp3) is 0.536. The predicted molar refractivity (Wildman–Crippen MR) is 161 cm³/mol. The van der Waals surface area contributed by atoms with Gasteiger partial charge >= 0.3 is 0 Å². The molecule has 0 aliphatic carbocycles. The Balaban J connectivity index is 1.22. The van der Waals surface area contributed by atoms with Gasteiger partial charge in [-0.25, -0.2) is 18.9 Å². The van der Waals surface area contributed by atoms with Gasteiger partial charge in [-0.2, -0.15) is 5.10 Å². The number of piperazine rings is 1. The molecule has 0 saturated carbocycles. The van der Waals surface area contributed by atoms with Crippen LogP contribution in [0.15, 0.2) is 30.5 Å². The molecule has 1 N–H and O–H groups in total. The van der Waals surface area contributed by atoms with Gasteiger partial charge < -0.3 is 18.9 Å². The SMILES string of the molecule is O=S(O)CN1CCN(Cc2cc3nc(-c4cccc5nn(C6CCCCO6)cc45)nc(N4CCOCC4)c3s2)CC1. The number of nitrogens with zero attached hydrogens (tertiary/aromatic N) is 7. The number of hydrogen-bond acceptors (Lipinski definition) is 10. The maximum atomic E-state index is 11.2. The summed E-state index contributed by atoms with van der Waals surface area (Å²) in [6, 6.07) is 8.38. The summed E-state index contributed by atoms with van der Waals surface area (Å²) in [7, 11) is 0. The second-order valence-electron chi connectivity index (χ2n) is 10.9. The Morgan fingerprint density at radius 1 is 1.00 bits per heavy atom. The molecule has 13 heteroatoms. The Kier molecular flexibility index (Phi) is 7.99. The van der Waals surface area contributed by atoms with Crippen LogP contribution < -0.4 is 4.90 Å². The highest BCUT2D eigenvalue weighted by Crippen LogP contribution is 2.37. The summed E-state index contributed by atoms with van der Waals surface area (Å²) in [5, 5.41) is 5.89. The molecule has 3 fully saturated rings. The minimum Gasteiger partial charge on any atom is -0.378 e. The summed E-state index contributed by atoms with van der Waals surface area (Å²) in [5.74, 6) is 1.90. The van der Waals surface area contributed by atoms with Crippen LogP contribution in [0.4, 0.5) is 5.82 Å². The van der Waals surface area contributed by atoms with Crippen molar-refractivity contribution in [1.82, 2.24) is 29.5 Å². The molecule has 6 heterocycles. The molecule has 1 aromatic carbocycles. The molecule has 3 aliphatic heterocycles. The highest BCUT2D eigenvalue weighted by Gasteiger charge is 2.24. The second-order valence-corrected chi connectivity index (χ2v) is 12.9. The number of fused-ring (bicyclic) bond motifs is 2. The number of aromatic nitrogens is 4. The molecule has 0 amide bonds. The van der Waals surface area contributed by atoms with Crippen molar-refractivity contribution in [3.05, 3.63) is 35.3 Å². The van der Waals surface area contributed by atoms with Gasteiger partial charge in [-0.15, -0.1) is 11.3 Å². The molecule has 4 aromatic rings. The third-order valence-electron chi connectivity index (χ3n) is 8.11. The number of morpholine rings is 1. The van der Waals surface area contributed by atoms with Gasteiger partial charge in [0.05, 0.1) is 28.9 Å². The first-order chi connectivity index (χ1) is 20.1. The van der Waals surface area contributed by atoms with E-state index in [1.165, 1.54) is 4.88 Å². The summed E-state index contributed by atoms with van der Waals surface area (Å²) in [6.45, 7) is 7.91. The second kappa shape index (κ2) is 12.0. The van der Waals surface area contributed by atoms with Crippen LogP contribution in [0.25, 0.3) is 32.5 Å².